The van der Waals surface area contributed by atoms with Crippen LogP contribution in [0.2, 0.25) is 0 Å². The lowest BCUT2D eigenvalue weighted by Gasteiger charge is -2.33. The molecule has 3 aromatic rings. The van der Waals surface area contributed by atoms with Crippen LogP contribution in [0.1, 0.15) is 12.5 Å². The van der Waals surface area contributed by atoms with E-state index in [1.165, 1.54) is 0 Å². The topological polar surface area (TPSA) is 50.2 Å². The summed E-state index contributed by atoms with van der Waals surface area (Å²) in [6.07, 6.45) is 2.04. The fourth-order valence-corrected chi connectivity index (χ4v) is 3.62. The van der Waals surface area contributed by atoms with Gasteiger partial charge in [-0.15, -0.1) is 12.4 Å². The number of nitrogens with one attached hydrogen (secondary N) is 1. The molecule has 6 heteroatoms. The summed E-state index contributed by atoms with van der Waals surface area (Å²) in [6, 6.07) is 20.2. The summed E-state index contributed by atoms with van der Waals surface area (Å²) in [7, 11) is 1.89. The Kier molecular flexibility index (Phi) is 6.72. The number of halogens is 1. The maximum absolute atomic E-state index is 12.9. The van der Waals surface area contributed by atoms with Crippen molar-refractivity contribution in [1.29, 1.82) is 0 Å². The summed E-state index contributed by atoms with van der Waals surface area (Å²) in [4.78, 5) is 14.7. The standard InChI is InChI=1S/C23H26N4O.ClH/c1-17(19-13-24-14-19)23(28)26(2)15-20-16-27(21-11-7-4-8-12-21)25-22(20)18-9-5-3-6-10-18;/h3-12,16-17,19,24H,13-15H2,1-2H3;1H. The Morgan fingerprint density at radius 1 is 1.14 bits per heavy atom. The lowest BCUT2D eigenvalue weighted by atomic mass is 9.88. The van der Waals surface area contributed by atoms with Crippen molar-refractivity contribution in [2.24, 2.45) is 11.8 Å². The third-order valence-corrected chi connectivity index (χ3v) is 5.55. The maximum atomic E-state index is 12.9. The Morgan fingerprint density at radius 3 is 2.34 bits per heavy atom. The minimum Gasteiger partial charge on any atom is -0.341 e. The highest BCUT2D eigenvalue weighted by Gasteiger charge is 2.30. The molecule has 4 rings (SSSR count). The summed E-state index contributed by atoms with van der Waals surface area (Å²) in [5.41, 5.74) is 4.03. The van der Waals surface area contributed by atoms with E-state index in [2.05, 4.69) is 17.4 Å². The van der Waals surface area contributed by atoms with E-state index in [1.54, 1.807) is 0 Å². The number of carbonyl (C=O) groups is 1. The Bertz CT molecular complexity index is 938. The molecule has 1 aromatic heterocycles. The van der Waals surface area contributed by atoms with Gasteiger partial charge in [0, 0.05) is 36.8 Å². The molecule has 1 amide bonds. The van der Waals surface area contributed by atoms with Crippen LogP contribution in [0.25, 0.3) is 16.9 Å². The van der Waals surface area contributed by atoms with Crippen molar-refractivity contribution in [2.75, 3.05) is 20.1 Å². The van der Waals surface area contributed by atoms with Gasteiger partial charge in [-0.2, -0.15) is 5.10 Å². The number of hydrogen-bond donors (Lipinski definition) is 1. The highest BCUT2D eigenvalue weighted by molar-refractivity contribution is 5.85. The molecule has 1 atom stereocenters. The highest BCUT2D eigenvalue weighted by Crippen LogP contribution is 2.26. The molecule has 0 saturated carbocycles. The van der Waals surface area contributed by atoms with Gasteiger partial charge in [0.15, 0.2) is 0 Å². The fraction of sp³-hybridized carbons (Fsp3) is 0.304. The first kappa shape index (κ1) is 21.1. The third-order valence-electron chi connectivity index (χ3n) is 5.55. The predicted octanol–water partition coefficient (Wildman–Crippen LogP) is 3.78. The van der Waals surface area contributed by atoms with Crippen LogP contribution in [0.4, 0.5) is 0 Å². The monoisotopic (exact) mass is 410 g/mol. The van der Waals surface area contributed by atoms with Crippen LogP contribution in [0.15, 0.2) is 66.9 Å². The molecule has 1 unspecified atom stereocenters. The first-order chi connectivity index (χ1) is 13.6. The van der Waals surface area contributed by atoms with E-state index >= 15 is 0 Å². The van der Waals surface area contributed by atoms with Gasteiger partial charge in [0.05, 0.1) is 11.4 Å². The van der Waals surface area contributed by atoms with Gasteiger partial charge >= 0.3 is 0 Å². The van der Waals surface area contributed by atoms with Crippen LogP contribution in [0, 0.1) is 11.8 Å². The number of nitrogens with zero attached hydrogens (tertiary/aromatic N) is 3. The molecule has 1 aliphatic rings. The molecule has 0 spiro atoms. The zero-order valence-electron chi connectivity index (χ0n) is 16.8. The molecule has 152 valence electrons. The summed E-state index contributed by atoms with van der Waals surface area (Å²) >= 11 is 0. The fourth-order valence-electron chi connectivity index (χ4n) is 3.62. The molecule has 2 heterocycles. The van der Waals surface area contributed by atoms with E-state index in [9.17, 15) is 4.79 Å². The molecule has 1 aliphatic heterocycles. The van der Waals surface area contributed by atoms with E-state index < -0.39 is 0 Å². The second kappa shape index (κ2) is 9.25. The van der Waals surface area contributed by atoms with E-state index in [4.69, 9.17) is 5.10 Å². The highest BCUT2D eigenvalue weighted by atomic mass is 35.5. The molecule has 2 aromatic carbocycles. The van der Waals surface area contributed by atoms with E-state index in [0.29, 0.717) is 12.5 Å². The quantitative estimate of drug-likeness (QED) is 0.672. The largest absolute Gasteiger partial charge is 0.341 e. The number of amides is 1. The molecule has 0 radical (unpaired) electrons. The van der Waals surface area contributed by atoms with Gasteiger partial charge in [-0.1, -0.05) is 55.5 Å². The van der Waals surface area contributed by atoms with Gasteiger partial charge in [-0.05, 0) is 31.1 Å². The average Bonchev–Trinajstić information content (AvgIpc) is 3.11. The molecular weight excluding hydrogens is 384 g/mol. The Balaban J connectivity index is 0.00000240. The summed E-state index contributed by atoms with van der Waals surface area (Å²) in [5.74, 6) is 0.671. The average molecular weight is 411 g/mol. The molecule has 5 nitrogen and oxygen atoms in total. The zero-order valence-corrected chi connectivity index (χ0v) is 17.6. The second-order valence-electron chi connectivity index (χ2n) is 7.55. The van der Waals surface area contributed by atoms with Crippen LogP contribution >= 0.6 is 12.4 Å². The number of para-hydroxylation sites is 1. The van der Waals surface area contributed by atoms with Gasteiger partial charge in [-0.25, -0.2) is 4.68 Å². The SMILES string of the molecule is CC(C(=O)N(C)Cc1cn(-c2ccccc2)nc1-c1ccccc1)C1CNC1.Cl. The van der Waals surface area contributed by atoms with Crippen molar-refractivity contribution in [3.8, 4) is 16.9 Å². The summed E-state index contributed by atoms with van der Waals surface area (Å²) < 4.78 is 1.90. The van der Waals surface area contributed by atoms with Crippen molar-refractivity contribution in [3.63, 3.8) is 0 Å². The number of carbonyl (C=O) groups excluding carboxylic acids is 1. The molecule has 29 heavy (non-hydrogen) atoms. The molecule has 1 N–H and O–H groups in total. The molecular formula is C23H27ClN4O. The minimum absolute atomic E-state index is 0. The van der Waals surface area contributed by atoms with Gasteiger partial charge in [-0.3, -0.25) is 4.79 Å². The van der Waals surface area contributed by atoms with Gasteiger partial charge in [0.1, 0.15) is 0 Å². The maximum Gasteiger partial charge on any atom is 0.225 e. The first-order valence-corrected chi connectivity index (χ1v) is 9.78. The Hall–Kier alpha value is -2.63. The van der Waals surface area contributed by atoms with Crippen LogP contribution in [0.3, 0.4) is 0 Å². The Morgan fingerprint density at radius 2 is 1.76 bits per heavy atom. The molecule has 0 bridgehead atoms. The summed E-state index contributed by atoms with van der Waals surface area (Å²) in [6.45, 7) is 4.44. The zero-order chi connectivity index (χ0) is 19.5. The smallest absolute Gasteiger partial charge is 0.225 e. The van der Waals surface area contributed by atoms with Crippen LogP contribution in [-0.2, 0) is 11.3 Å². The van der Waals surface area contributed by atoms with Crippen molar-refractivity contribution >= 4 is 18.3 Å². The van der Waals surface area contributed by atoms with Gasteiger partial charge in [0.2, 0.25) is 5.91 Å². The number of benzene rings is 2. The predicted molar refractivity (Wildman–Crippen MR) is 118 cm³/mol. The lowest BCUT2D eigenvalue weighted by molar-refractivity contribution is -0.136. The minimum atomic E-state index is 0. The third kappa shape index (κ3) is 4.52. The number of rotatable bonds is 6. The van der Waals surface area contributed by atoms with Crippen molar-refractivity contribution in [1.82, 2.24) is 20.0 Å². The van der Waals surface area contributed by atoms with Crippen LogP contribution < -0.4 is 5.32 Å². The Labute approximate surface area is 178 Å². The van der Waals surface area contributed by atoms with E-state index in [1.807, 2.05) is 78.3 Å². The van der Waals surface area contributed by atoms with Crippen LogP contribution in [0.5, 0.6) is 0 Å². The lowest BCUT2D eigenvalue weighted by Crippen LogP contribution is -2.49. The molecule has 1 fully saturated rings. The molecule has 0 aliphatic carbocycles. The number of hydrogen-bond acceptors (Lipinski definition) is 3. The normalized spacial score (nSPS) is 14.6. The van der Waals surface area contributed by atoms with Gasteiger partial charge in [0.25, 0.3) is 0 Å². The van der Waals surface area contributed by atoms with Crippen molar-refractivity contribution in [2.45, 2.75) is 13.5 Å². The van der Waals surface area contributed by atoms with Crippen molar-refractivity contribution in [3.05, 3.63) is 72.4 Å². The first-order valence-electron chi connectivity index (χ1n) is 9.78. The van der Waals surface area contributed by atoms with Gasteiger partial charge < -0.3 is 10.2 Å². The summed E-state index contributed by atoms with van der Waals surface area (Å²) in [5, 5.41) is 8.09. The van der Waals surface area contributed by atoms with Crippen LogP contribution in [-0.4, -0.2) is 40.7 Å². The second-order valence-corrected chi connectivity index (χ2v) is 7.55. The molecule has 1 saturated heterocycles. The number of aromatic nitrogens is 2. The van der Waals surface area contributed by atoms with E-state index in [-0.39, 0.29) is 24.2 Å². The van der Waals surface area contributed by atoms with Crippen molar-refractivity contribution < 1.29 is 4.79 Å². The van der Waals surface area contributed by atoms with E-state index in [0.717, 1.165) is 35.6 Å².